The van der Waals surface area contributed by atoms with E-state index < -0.39 is 23.7 Å². The Bertz CT molecular complexity index is 1060. The van der Waals surface area contributed by atoms with Gasteiger partial charge in [-0.1, -0.05) is 12.1 Å². The van der Waals surface area contributed by atoms with Gasteiger partial charge in [0.2, 0.25) is 0 Å². The highest BCUT2D eigenvalue weighted by molar-refractivity contribution is 5.80. The number of aryl methyl sites for hydroxylation is 3. The molecule has 1 aromatic heterocycles. The summed E-state index contributed by atoms with van der Waals surface area (Å²) in [6.07, 6.45) is -3.77. The van der Waals surface area contributed by atoms with E-state index in [9.17, 15) is 18.0 Å². The van der Waals surface area contributed by atoms with Gasteiger partial charge in [0.1, 0.15) is 5.82 Å². The summed E-state index contributed by atoms with van der Waals surface area (Å²) in [5.41, 5.74) is 11.0. The summed E-state index contributed by atoms with van der Waals surface area (Å²) in [5, 5.41) is 8.73. The molecule has 0 saturated heterocycles. The molecule has 160 valence electrons. The molecule has 3 aromatic rings. The van der Waals surface area contributed by atoms with E-state index in [4.69, 9.17) is 10.9 Å². The standard InChI is InChI=1S/C21H23F3N4O2/c1-12-9-17-18(10-13(12)2)28(19(26-17)8-7-16(25)20(29)27-30)11-14-3-5-15(6-4-14)21(22,23)24/h3-6,9-10,16,30H,7-8,11,25H2,1-2H3,(H,27,29)/t16-/m0/s1. The number of aromatic nitrogens is 2. The molecule has 0 unspecified atom stereocenters. The zero-order valence-corrected chi connectivity index (χ0v) is 16.6. The molecule has 3 rings (SSSR count). The third kappa shape index (κ3) is 4.63. The predicted octanol–water partition coefficient (Wildman–Crippen LogP) is 3.49. The molecule has 0 aliphatic rings. The molecule has 0 spiro atoms. The van der Waals surface area contributed by atoms with Gasteiger partial charge in [-0.2, -0.15) is 13.2 Å². The summed E-state index contributed by atoms with van der Waals surface area (Å²) in [6.45, 7) is 4.28. The molecule has 0 aliphatic heterocycles. The van der Waals surface area contributed by atoms with Crippen molar-refractivity contribution in [3.63, 3.8) is 0 Å². The third-order valence-electron chi connectivity index (χ3n) is 5.19. The number of benzene rings is 2. The van der Waals surface area contributed by atoms with Gasteiger partial charge in [-0.25, -0.2) is 10.5 Å². The van der Waals surface area contributed by atoms with Crippen LogP contribution in [0.1, 0.15) is 34.5 Å². The fourth-order valence-electron chi connectivity index (χ4n) is 3.28. The Morgan fingerprint density at radius 1 is 1.20 bits per heavy atom. The van der Waals surface area contributed by atoms with Crippen LogP contribution in [0, 0.1) is 13.8 Å². The van der Waals surface area contributed by atoms with Crippen LogP contribution in [0.15, 0.2) is 36.4 Å². The first-order valence-corrected chi connectivity index (χ1v) is 9.42. The van der Waals surface area contributed by atoms with Crippen molar-refractivity contribution in [1.29, 1.82) is 0 Å². The maximum Gasteiger partial charge on any atom is 0.416 e. The summed E-state index contributed by atoms with van der Waals surface area (Å²) >= 11 is 0. The summed E-state index contributed by atoms with van der Waals surface area (Å²) in [4.78, 5) is 16.1. The smallest absolute Gasteiger partial charge is 0.323 e. The van der Waals surface area contributed by atoms with Gasteiger partial charge in [0, 0.05) is 13.0 Å². The van der Waals surface area contributed by atoms with Crippen molar-refractivity contribution in [1.82, 2.24) is 15.0 Å². The van der Waals surface area contributed by atoms with E-state index in [1.165, 1.54) is 17.6 Å². The van der Waals surface area contributed by atoms with Crippen LogP contribution in [-0.2, 0) is 23.9 Å². The van der Waals surface area contributed by atoms with Gasteiger partial charge < -0.3 is 10.3 Å². The number of nitrogens with zero attached hydrogens (tertiary/aromatic N) is 2. The van der Waals surface area contributed by atoms with Gasteiger partial charge in [-0.15, -0.1) is 0 Å². The molecule has 9 heteroatoms. The number of carbonyl (C=O) groups excluding carboxylic acids is 1. The van der Waals surface area contributed by atoms with E-state index >= 15 is 0 Å². The molecule has 0 bridgehead atoms. The lowest BCUT2D eigenvalue weighted by molar-refractivity contribution is -0.137. The van der Waals surface area contributed by atoms with Crippen molar-refractivity contribution in [2.75, 3.05) is 0 Å². The van der Waals surface area contributed by atoms with E-state index in [0.29, 0.717) is 24.4 Å². The van der Waals surface area contributed by atoms with Gasteiger partial charge in [-0.3, -0.25) is 10.0 Å². The molecular formula is C21H23F3N4O2. The van der Waals surface area contributed by atoms with E-state index in [2.05, 4.69) is 4.98 Å². The lowest BCUT2D eigenvalue weighted by Crippen LogP contribution is -2.39. The molecule has 0 radical (unpaired) electrons. The number of fused-ring (bicyclic) bond motifs is 1. The molecule has 1 heterocycles. The number of hydrogen-bond donors (Lipinski definition) is 3. The van der Waals surface area contributed by atoms with Crippen LogP contribution in [0.2, 0.25) is 0 Å². The zero-order valence-electron chi connectivity index (χ0n) is 16.6. The normalized spacial score (nSPS) is 12.9. The minimum Gasteiger partial charge on any atom is -0.323 e. The molecule has 1 amide bonds. The highest BCUT2D eigenvalue weighted by Crippen LogP contribution is 2.29. The van der Waals surface area contributed by atoms with Crippen LogP contribution in [0.3, 0.4) is 0 Å². The number of nitrogens with one attached hydrogen (secondary N) is 1. The Morgan fingerprint density at radius 3 is 2.43 bits per heavy atom. The van der Waals surface area contributed by atoms with Crippen LogP contribution >= 0.6 is 0 Å². The molecule has 0 aliphatic carbocycles. The van der Waals surface area contributed by atoms with Crippen LogP contribution < -0.4 is 11.2 Å². The van der Waals surface area contributed by atoms with E-state index in [1.807, 2.05) is 30.5 Å². The summed E-state index contributed by atoms with van der Waals surface area (Å²) < 4.78 is 40.5. The van der Waals surface area contributed by atoms with Crippen LogP contribution in [0.5, 0.6) is 0 Å². The van der Waals surface area contributed by atoms with Crippen molar-refractivity contribution in [3.8, 4) is 0 Å². The number of alkyl halides is 3. The number of rotatable bonds is 6. The summed E-state index contributed by atoms with van der Waals surface area (Å²) in [6, 6.07) is 8.06. The Labute approximate surface area is 171 Å². The Kier molecular flexibility index (Phi) is 6.14. The van der Waals surface area contributed by atoms with Gasteiger partial charge in [0.15, 0.2) is 0 Å². The van der Waals surface area contributed by atoms with Crippen LogP contribution in [-0.4, -0.2) is 26.7 Å². The molecule has 4 N–H and O–H groups in total. The number of hydrogen-bond acceptors (Lipinski definition) is 4. The minimum absolute atomic E-state index is 0.251. The number of amides is 1. The fraction of sp³-hybridized carbons (Fsp3) is 0.333. The van der Waals surface area contributed by atoms with Crippen molar-refractivity contribution in [3.05, 3.63) is 64.5 Å². The molecule has 0 saturated carbocycles. The van der Waals surface area contributed by atoms with Crippen LogP contribution in [0.4, 0.5) is 13.2 Å². The van der Waals surface area contributed by atoms with Crippen molar-refractivity contribution >= 4 is 16.9 Å². The van der Waals surface area contributed by atoms with Gasteiger partial charge in [0.25, 0.3) is 5.91 Å². The summed E-state index contributed by atoms with van der Waals surface area (Å²) in [7, 11) is 0. The first kappa shape index (κ1) is 21.8. The van der Waals surface area contributed by atoms with E-state index in [-0.39, 0.29) is 6.42 Å². The summed E-state index contributed by atoms with van der Waals surface area (Å²) in [5.74, 6) is -0.0248. The number of imidazole rings is 1. The fourth-order valence-corrected chi connectivity index (χ4v) is 3.28. The topological polar surface area (TPSA) is 93.2 Å². The van der Waals surface area contributed by atoms with Crippen molar-refractivity contribution in [2.45, 2.75) is 45.5 Å². The molecule has 30 heavy (non-hydrogen) atoms. The second kappa shape index (κ2) is 8.45. The molecular weight excluding hydrogens is 397 g/mol. The first-order chi connectivity index (χ1) is 14.1. The highest BCUT2D eigenvalue weighted by Gasteiger charge is 2.30. The molecule has 2 aromatic carbocycles. The molecule has 1 atom stereocenters. The maximum atomic E-state index is 12.8. The lowest BCUT2D eigenvalue weighted by atomic mass is 10.1. The van der Waals surface area contributed by atoms with Gasteiger partial charge in [0.05, 0.1) is 22.6 Å². The van der Waals surface area contributed by atoms with E-state index in [0.717, 1.165) is 34.3 Å². The number of hydroxylamine groups is 1. The predicted molar refractivity (Wildman–Crippen MR) is 106 cm³/mol. The number of halogens is 3. The number of nitrogens with two attached hydrogens (primary N) is 1. The minimum atomic E-state index is -4.39. The molecule has 6 nitrogen and oxygen atoms in total. The zero-order chi connectivity index (χ0) is 22.1. The largest absolute Gasteiger partial charge is 0.416 e. The Hall–Kier alpha value is -2.91. The average molecular weight is 420 g/mol. The quantitative estimate of drug-likeness (QED) is 0.420. The monoisotopic (exact) mass is 420 g/mol. The van der Waals surface area contributed by atoms with E-state index in [1.54, 1.807) is 0 Å². The average Bonchev–Trinajstić information content (AvgIpc) is 3.01. The van der Waals surface area contributed by atoms with Gasteiger partial charge in [-0.05, 0) is 61.2 Å². The van der Waals surface area contributed by atoms with Crippen LogP contribution in [0.25, 0.3) is 11.0 Å². The Morgan fingerprint density at radius 2 is 1.83 bits per heavy atom. The lowest BCUT2D eigenvalue weighted by Gasteiger charge is -2.13. The second-order valence-electron chi connectivity index (χ2n) is 7.36. The second-order valence-corrected chi connectivity index (χ2v) is 7.36. The van der Waals surface area contributed by atoms with Gasteiger partial charge >= 0.3 is 6.18 Å². The third-order valence-corrected chi connectivity index (χ3v) is 5.19. The van der Waals surface area contributed by atoms with Crippen molar-refractivity contribution < 1.29 is 23.2 Å². The highest BCUT2D eigenvalue weighted by atomic mass is 19.4. The van der Waals surface area contributed by atoms with Crippen molar-refractivity contribution in [2.24, 2.45) is 5.73 Å². The molecule has 0 fully saturated rings. The number of carbonyl (C=O) groups is 1. The SMILES string of the molecule is Cc1cc2nc(CC[C@H](N)C(=O)NO)n(Cc3ccc(C(F)(F)F)cc3)c2cc1C. The Balaban J connectivity index is 1.96. The maximum absolute atomic E-state index is 12.8. The first-order valence-electron chi connectivity index (χ1n) is 9.42.